The Balaban J connectivity index is 1.27. The minimum atomic E-state index is -0.397. The van der Waals surface area contributed by atoms with Crippen LogP contribution >= 0.6 is 0 Å². The molecule has 4 rings (SSSR count). The lowest BCUT2D eigenvalue weighted by Crippen LogP contribution is -2.32. The number of rotatable bonds is 8. The molecular formula is C29H31N3O4. The summed E-state index contributed by atoms with van der Waals surface area (Å²) in [6.45, 7) is 6.67. The van der Waals surface area contributed by atoms with Gasteiger partial charge < -0.3 is 20.3 Å². The van der Waals surface area contributed by atoms with Gasteiger partial charge in [0.25, 0.3) is 5.91 Å². The Hall–Kier alpha value is -4.13. The van der Waals surface area contributed by atoms with Crippen molar-refractivity contribution < 1.29 is 19.1 Å². The van der Waals surface area contributed by atoms with E-state index >= 15 is 0 Å². The fourth-order valence-electron chi connectivity index (χ4n) is 4.16. The highest BCUT2D eigenvalue weighted by atomic mass is 16.5. The van der Waals surface area contributed by atoms with E-state index < -0.39 is 5.92 Å². The Kier molecular flexibility index (Phi) is 7.68. The lowest BCUT2D eigenvalue weighted by molar-refractivity contribution is -0.126. The van der Waals surface area contributed by atoms with Crippen LogP contribution in [0, 0.1) is 26.7 Å². The zero-order chi connectivity index (χ0) is 25.7. The van der Waals surface area contributed by atoms with Crippen molar-refractivity contribution in [1.82, 2.24) is 5.32 Å². The number of carbonyl (C=O) groups is 3. The first-order chi connectivity index (χ1) is 17.3. The maximum Gasteiger partial charge on any atom is 0.262 e. The highest BCUT2D eigenvalue weighted by Gasteiger charge is 2.35. The molecule has 0 radical (unpaired) electrons. The predicted molar refractivity (Wildman–Crippen MR) is 140 cm³/mol. The van der Waals surface area contributed by atoms with Crippen LogP contribution in [0.25, 0.3) is 0 Å². The van der Waals surface area contributed by atoms with Crippen molar-refractivity contribution in [2.75, 3.05) is 23.4 Å². The summed E-state index contributed by atoms with van der Waals surface area (Å²) in [5, 5.41) is 5.78. The summed E-state index contributed by atoms with van der Waals surface area (Å²) < 4.78 is 5.60. The van der Waals surface area contributed by atoms with Crippen LogP contribution in [0.4, 0.5) is 11.4 Å². The first-order valence-corrected chi connectivity index (χ1v) is 12.0. The molecule has 1 aliphatic rings. The molecule has 7 heteroatoms. The number of carbonyl (C=O) groups excluding carboxylic acids is 3. The van der Waals surface area contributed by atoms with Crippen molar-refractivity contribution >= 4 is 29.1 Å². The molecule has 1 saturated heterocycles. The molecule has 0 bridgehead atoms. The summed E-state index contributed by atoms with van der Waals surface area (Å²) in [5.74, 6) is -0.340. The summed E-state index contributed by atoms with van der Waals surface area (Å²) in [7, 11) is 0. The van der Waals surface area contributed by atoms with Gasteiger partial charge in [-0.15, -0.1) is 0 Å². The van der Waals surface area contributed by atoms with E-state index in [2.05, 4.69) is 10.6 Å². The fraction of sp³-hybridized carbons (Fsp3) is 0.276. The van der Waals surface area contributed by atoms with Crippen molar-refractivity contribution in [3.63, 3.8) is 0 Å². The third-order valence-corrected chi connectivity index (χ3v) is 6.52. The van der Waals surface area contributed by atoms with Crippen molar-refractivity contribution in [2.24, 2.45) is 5.92 Å². The number of ether oxygens (including phenoxy) is 1. The van der Waals surface area contributed by atoms with Crippen LogP contribution in [0.3, 0.4) is 0 Å². The van der Waals surface area contributed by atoms with Crippen molar-refractivity contribution in [3.8, 4) is 5.75 Å². The molecule has 3 aromatic rings. The summed E-state index contributed by atoms with van der Waals surface area (Å²) in [6, 6.07) is 20.6. The molecule has 3 amide bonds. The Bertz CT molecular complexity index is 1270. The minimum absolute atomic E-state index is 0.0903. The second-order valence-corrected chi connectivity index (χ2v) is 9.18. The number of nitrogens with one attached hydrogen (secondary N) is 2. The van der Waals surface area contributed by atoms with Gasteiger partial charge in [-0.2, -0.15) is 0 Å². The van der Waals surface area contributed by atoms with Gasteiger partial charge in [0.15, 0.2) is 6.61 Å². The number of anilines is 2. The zero-order valence-corrected chi connectivity index (χ0v) is 20.8. The molecule has 36 heavy (non-hydrogen) atoms. The smallest absolute Gasteiger partial charge is 0.262 e. The summed E-state index contributed by atoms with van der Waals surface area (Å²) >= 11 is 0. The van der Waals surface area contributed by atoms with E-state index in [0.717, 1.165) is 27.9 Å². The van der Waals surface area contributed by atoms with Gasteiger partial charge in [0.05, 0.1) is 5.92 Å². The highest BCUT2D eigenvalue weighted by Crippen LogP contribution is 2.27. The van der Waals surface area contributed by atoms with Crippen LogP contribution in [-0.2, 0) is 20.9 Å². The standard InChI is InChI=1S/C29H31N3O4/c1-19-8-9-24(14-21(19)3)31-27(33)18-36-26-12-10-25(11-13-26)32-17-23(15-28(32)34)29(35)30-16-22-7-5-4-6-20(22)2/h4-14,23H,15-18H2,1-3H3,(H,30,35)(H,31,33)/t23-/m1/s1. The quantitative estimate of drug-likeness (QED) is 0.498. The summed E-state index contributed by atoms with van der Waals surface area (Å²) in [5.41, 5.74) is 5.87. The van der Waals surface area contributed by atoms with Gasteiger partial charge in [-0.05, 0) is 79.4 Å². The first-order valence-electron chi connectivity index (χ1n) is 12.0. The topological polar surface area (TPSA) is 87.7 Å². The first kappa shape index (κ1) is 25.0. The molecule has 3 aromatic carbocycles. The maximum atomic E-state index is 12.7. The molecular weight excluding hydrogens is 454 g/mol. The van der Waals surface area contributed by atoms with Crippen LogP contribution in [-0.4, -0.2) is 30.9 Å². The molecule has 0 unspecified atom stereocenters. The average Bonchev–Trinajstić information content (AvgIpc) is 3.26. The number of hydrogen-bond donors (Lipinski definition) is 2. The lowest BCUT2D eigenvalue weighted by atomic mass is 10.1. The molecule has 1 aliphatic heterocycles. The molecule has 1 heterocycles. The molecule has 0 aromatic heterocycles. The zero-order valence-electron chi connectivity index (χ0n) is 20.8. The Morgan fingerprint density at radius 2 is 1.69 bits per heavy atom. The van der Waals surface area contributed by atoms with Gasteiger partial charge in [-0.25, -0.2) is 0 Å². The van der Waals surface area contributed by atoms with Crippen LogP contribution in [0.15, 0.2) is 66.7 Å². The van der Waals surface area contributed by atoms with Gasteiger partial charge >= 0.3 is 0 Å². The van der Waals surface area contributed by atoms with Crippen LogP contribution in [0.5, 0.6) is 5.75 Å². The number of nitrogens with zero attached hydrogens (tertiary/aromatic N) is 1. The third-order valence-electron chi connectivity index (χ3n) is 6.52. The molecule has 7 nitrogen and oxygen atoms in total. The summed E-state index contributed by atoms with van der Waals surface area (Å²) in [4.78, 5) is 39.1. The van der Waals surface area contributed by atoms with Gasteiger partial charge in [0, 0.05) is 30.9 Å². The number of hydrogen-bond acceptors (Lipinski definition) is 4. The Labute approximate surface area is 211 Å². The molecule has 1 atom stereocenters. The van der Waals surface area contributed by atoms with Gasteiger partial charge in [0.2, 0.25) is 11.8 Å². The van der Waals surface area contributed by atoms with Crippen molar-refractivity contribution in [2.45, 2.75) is 33.7 Å². The normalized spacial score (nSPS) is 15.0. The molecule has 186 valence electrons. The van der Waals surface area contributed by atoms with Gasteiger partial charge in [-0.1, -0.05) is 30.3 Å². The van der Waals surface area contributed by atoms with Gasteiger partial charge in [-0.3, -0.25) is 14.4 Å². The third kappa shape index (κ3) is 6.10. The fourth-order valence-corrected chi connectivity index (χ4v) is 4.16. The maximum absolute atomic E-state index is 12.7. The average molecular weight is 486 g/mol. The monoisotopic (exact) mass is 485 g/mol. The number of aryl methyl sites for hydroxylation is 3. The van der Waals surface area contributed by atoms with E-state index in [0.29, 0.717) is 24.5 Å². The van der Waals surface area contributed by atoms with E-state index in [1.165, 1.54) is 0 Å². The van der Waals surface area contributed by atoms with E-state index in [1.54, 1.807) is 29.2 Å². The largest absolute Gasteiger partial charge is 0.484 e. The molecule has 2 N–H and O–H groups in total. The second kappa shape index (κ2) is 11.1. The van der Waals surface area contributed by atoms with Crippen LogP contribution in [0.2, 0.25) is 0 Å². The molecule has 0 spiro atoms. The molecule has 0 aliphatic carbocycles. The van der Waals surface area contributed by atoms with Crippen molar-refractivity contribution in [1.29, 1.82) is 0 Å². The second-order valence-electron chi connectivity index (χ2n) is 9.18. The molecule has 1 fully saturated rings. The highest BCUT2D eigenvalue weighted by molar-refractivity contribution is 6.00. The van der Waals surface area contributed by atoms with Crippen molar-refractivity contribution in [3.05, 3.63) is 89.0 Å². The van der Waals surface area contributed by atoms with Gasteiger partial charge in [0.1, 0.15) is 5.75 Å². The number of benzene rings is 3. The molecule has 0 saturated carbocycles. The SMILES string of the molecule is Cc1ccc(NC(=O)COc2ccc(N3C[C@H](C(=O)NCc4ccccc4C)CC3=O)cc2)cc1C. The van der Waals surface area contributed by atoms with Crippen LogP contribution < -0.4 is 20.3 Å². The minimum Gasteiger partial charge on any atom is -0.484 e. The lowest BCUT2D eigenvalue weighted by Gasteiger charge is -2.17. The Morgan fingerprint density at radius 3 is 2.42 bits per heavy atom. The van der Waals surface area contributed by atoms with E-state index in [9.17, 15) is 14.4 Å². The van der Waals surface area contributed by atoms with E-state index in [-0.39, 0.29) is 30.7 Å². The van der Waals surface area contributed by atoms with E-state index in [1.807, 2.05) is 63.2 Å². The predicted octanol–water partition coefficient (Wildman–Crippen LogP) is 4.30. The van der Waals surface area contributed by atoms with E-state index in [4.69, 9.17) is 4.74 Å². The Morgan fingerprint density at radius 1 is 0.944 bits per heavy atom. The number of amides is 3. The summed E-state index contributed by atoms with van der Waals surface area (Å²) in [6.07, 6.45) is 0.177. The van der Waals surface area contributed by atoms with Crippen LogP contribution in [0.1, 0.15) is 28.7 Å².